The van der Waals surface area contributed by atoms with Crippen LogP contribution >= 0.6 is 0 Å². The molecule has 0 heterocycles. The summed E-state index contributed by atoms with van der Waals surface area (Å²) in [7, 11) is 0. The second-order valence-electron chi connectivity index (χ2n) is 5.25. The smallest absolute Gasteiger partial charge is 0.387 e. The number of alkyl halides is 2. The van der Waals surface area contributed by atoms with Gasteiger partial charge in [0.2, 0.25) is 0 Å². The van der Waals surface area contributed by atoms with E-state index in [0.717, 1.165) is 16.7 Å². The van der Waals surface area contributed by atoms with Crippen LogP contribution < -0.4 is 10.1 Å². The Bertz CT molecular complexity index is 739. The average molecular weight is 341 g/mol. The van der Waals surface area contributed by atoms with Gasteiger partial charge >= 0.3 is 6.61 Å². The summed E-state index contributed by atoms with van der Waals surface area (Å²) in [5.74, 6) is -4.22. The van der Waals surface area contributed by atoms with Gasteiger partial charge in [-0.05, 0) is 25.0 Å². The van der Waals surface area contributed by atoms with E-state index in [1.165, 1.54) is 0 Å². The number of hydrogen-bond acceptors (Lipinski definition) is 2. The molecule has 7 heteroatoms. The van der Waals surface area contributed by atoms with Crippen LogP contribution in [0.4, 0.5) is 17.6 Å². The Labute approximate surface area is 136 Å². The molecule has 2 aromatic rings. The summed E-state index contributed by atoms with van der Waals surface area (Å²) < 4.78 is 55.8. The quantitative estimate of drug-likeness (QED) is 0.831. The lowest BCUT2D eigenvalue weighted by Gasteiger charge is -2.11. The van der Waals surface area contributed by atoms with E-state index in [1.54, 1.807) is 6.07 Å². The van der Waals surface area contributed by atoms with Crippen LogP contribution in [0.25, 0.3) is 0 Å². The lowest BCUT2D eigenvalue weighted by Crippen LogP contribution is -2.25. The van der Waals surface area contributed by atoms with Crippen LogP contribution in [0.15, 0.2) is 30.3 Å². The molecule has 0 aliphatic carbocycles. The molecule has 24 heavy (non-hydrogen) atoms. The fourth-order valence-corrected chi connectivity index (χ4v) is 2.25. The number of nitrogens with one attached hydrogen (secondary N) is 1. The Morgan fingerprint density at radius 3 is 2.29 bits per heavy atom. The maximum atomic E-state index is 13.8. The van der Waals surface area contributed by atoms with Crippen LogP contribution in [0.3, 0.4) is 0 Å². The van der Waals surface area contributed by atoms with Crippen LogP contribution in [-0.2, 0) is 6.54 Å². The summed E-state index contributed by atoms with van der Waals surface area (Å²) >= 11 is 0. The van der Waals surface area contributed by atoms with Crippen molar-refractivity contribution in [1.82, 2.24) is 5.32 Å². The highest BCUT2D eigenvalue weighted by Crippen LogP contribution is 2.22. The summed E-state index contributed by atoms with van der Waals surface area (Å²) in [6.07, 6.45) is 0. The van der Waals surface area contributed by atoms with Gasteiger partial charge in [-0.1, -0.05) is 23.8 Å². The molecular weight excluding hydrogens is 326 g/mol. The van der Waals surface area contributed by atoms with Crippen LogP contribution in [0.5, 0.6) is 5.75 Å². The fourth-order valence-electron chi connectivity index (χ4n) is 2.25. The molecule has 0 fully saturated rings. The Morgan fingerprint density at radius 2 is 1.75 bits per heavy atom. The molecular formula is C17H15F4NO2. The highest BCUT2D eigenvalue weighted by atomic mass is 19.3. The van der Waals surface area contributed by atoms with Gasteiger partial charge in [0.1, 0.15) is 22.9 Å². The predicted octanol–water partition coefficient (Wildman–Crippen LogP) is 4.11. The Kier molecular flexibility index (Phi) is 5.43. The van der Waals surface area contributed by atoms with Crippen molar-refractivity contribution in [2.24, 2.45) is 0 Å². The summed E-state index contributed by atoms with van der Waals surface area (Å²) in [5, 5.41) is 2.41. The molecule has 128 valence electrons. The first-order valence-corrected chi connectivity index (χ1v) is 7.06. The van der Waals surface area contributed by atoms with Crippen LogP contribution in [0, 0.1) is 25.5 Å². The highest BCUT2D eigenvalue weighted by Gasteiger charge is 2.20. The number of amides is 1. The number of hydrogen-bond donors (Lipinski definition) is 1. The third-order valence-corrected chi connectivity index (χ3v) is 3.41. The SMILES string of the molecule is Cc1ccc(CNC(=O)c2c(F)cc(OC(F)F)cc2F)c(C)c1. The largest absolute Gasteiger partial charge is 0.435 e. The molecule has 0 saturated heterocycles. The molecule has 0 bridgehead atoms. The zero-order valence-electron chi connectivity index (χ0n) is 13.0. The molecule has 2 rings (SSSR count). The van der Waals surface area contributed by atoms with Gasteiger partial charge in [0.15, 0.2) is 0 Å². The molecule has 1 amide bonds. The van der Waals surface area contributed by atoms with Gasteiger partial charge in [-0.2, -0.15) is 8.78 Å². The minimum absolute atomic E-state index is 0.0825. The van der Waals surface area contributed by atoms with Crippen molar-refractivity contribution in [3.05, 3.63) is 64.2 Å². The van der Waals surface area contributed by atoms with E-state index < -0.39 is 35.5 Å². The van der Waals surface area contributed by atoms with E-state index in [0.29, 0.717) is 12.1 Å². The van der Waals surface area contributed by atoms with Crippen LogP contribution in [-0.4, -0.2) is 12.5 Å². The van der Waals surface area contributed by atoms with Gasteiger partial charge in [0, 0.05) is 18.7 Å². The van der Waals surface area contributed by atoms with E-state index >= 15 is 0 Å². The Morgan fingerprint density at radius 1 is 1.12 bits per heavy atom. The van der Waals surface area contributed by atoms with Crippen molar-refractivity contribution in [3.63, 3.8) is 0 Å². The zero-order valence-corrected chi connectivity index (χ0v) is 13.0. The first-order valence-electron chi connectivity index (χ1n) is 7.06. The van der Waals surface area contributed by atoms with E-state index in [2.05, 4.69) is 10.1 Å². The topological polar surface area (TPSA) is 38.3 Å². The standard InChI is InChI=1S/C17H15F4NO2/c1-9-3-4-11(10(2)5-9)8-22-16(23)15-13(18)6-12(7-14(15)19)24-17(20)21/h3-7,17H,8H2,1-2H3,(H,22,23). The third kappa shape index (κ3) is 4.24. The van der Waals surface area contributed by atoms with Gasteiger partial charge in [-0.15, -0.1) is 0 Å². The van der Waals surface area contributed by atoms with E-state index in [9.17, 15) is 22.4 Å². The summed E-state index contributed by atoms with van der Waals surface area (Å²) in [5.41, 5.74) is 1.93. The van der Waals surface area contributed by atoms with Crippen molar-refractivity contribution < 1.29 is 27.1 Å². The Balaban J connectivity index is 2.14. The highest BCUT2D eigenvalue weighted by molar-refractivity contribution is 5.94. The number of benzene rings is 2. The summed E-state index contributed by atoms with van der Waals surface area (Å²) in [4.78, 5) is 12.0. The summed E-state index contributed by atoms with van der Waals surface area (Å²) in [6.45, 7) is 0.641. The molecule has 0 atom stereocenters. The lowest BCUT2D eigenvalue weighted by atomic mass is 10.1. The minimum Gasteiger partial charge on any atom is -0.435 e. The minimum atomic E-state index is -3.21. The molecule has 3 nitrogen and oxygen atoms in total. The van der Waals surface area contributed by atoms with E-state index in [-0.39, 0.29) is 6.54 Å². The molecule has 0 saturated carbocycles. The van der Waals surface area contributed by atoms with Crippen LogP contribution in [0.1, 0.15) is 27.0 Å². The van der Waals surface area contributed by atoms with Gasteiger partial charge in [0.05, 0.1) is 0 Å². The first-order chi connectivity index (χ1) is 11.3. The number of carbonyl (C=O) groups is 1. The molecule has 2 aromatic carbocycles. The van der Waals surface area contributed by atoms with Crippen molar-refractivity contribution in [2.75, 3.05) is 0 Å². The monoisotopic (exact) mass is 341 g/mol. The molecule has 0 unspecified atom stereocenters. The van der Waals surface area contributed by atoms with Gasteiger partial charge < -0.3 is 10.1 Å². The van der Waals surface area contributed by atoms with Crippen molar-refractivity contribution in [3.8, 4) is 5.75 Å². The van der Waals surface area contributed by atoms with Gasteiger partial charge in [-0.25, -0.2) is 8.78 Å². The normalized spacial score (nSPS) is 10.8. The molecule has 0 spiro atoms. The average Bonchev–Trinajstić information content (AvgIpc) is 2.44. The number of rotatable bonds is 5. The maximum absolute atomic E-state index is 13.8. The first kappa shape index (κ1) is 17.8. The van der Waals surface area contributed by atoms with Crippen LogP contribution in [0.2, 0.25) is 0 Å². The number of carbonyl (C=O) groups excluding carboxylic acids is 1. The van der Waals surface area contributed by atoms with E-state index in [1.807, 2.05) is 26.0 Å². The Hall–Kier alpha value is -2.57. The molecule has 0 aliphatic rings. The number of halogens is 4. The lowest BCUT2D eigenvalue weighted by molar-refractivity contribution is -0.0501. The second kappa shape index (κ2) is 7.33. The zero-order chi connectivity index (χ0) is 17.9. The fraction of sp³-hybridized carbons (Fsp3) is 0.235. The molecule has 0 radical (unpaired) electrons. The maximum Gasteiger partial charge on any atom is 0.387 e. The van der Waals surface area contributed by atoms with Gasteiger partial charge in [-0.3, -0.25) is 4.79 Å². The predicted molar refractivity (Wildman–Crippen MR) is 80.1 cm³/mol. The van der Waals surface area contributed by atoms with Crippen molar-refractivity contribution in [2.45, 2.75) is 27.0 Å². The second-order valence-corrected chi connectivity index (χ2v) is 5.25. The molecule has 1 N–H and O–H groups in total. The van der Waals surface area contributed by atoms with Crippen molar-refractivity contribution in [1.29, 1.82) is 0 Å². The number of aryl methyl sites for hydroxylation is 2. The molecule has 0 aliphatic heterocycles. The third-order valence-electron chi connectivity index (χ3n) is 3.41. The van der Waals surface area contributed by atoms with E-state index in [4.69, 9.17) is 0 Å². The number of ether oxygens (including phenoxy) is 1. The summed E-state index contributed by atoms with van der Waals surface area (Å²) in [6, 6.07) is 6.66. The van der Waals surface area contributed by atoms with Gasteiger partial charge in [0.25, 0.3) is 5.91 Å². The van der Waals surface area contributed by atoms with Crippen molar-refractivity contribution >= 4 is 5.91 Å². The molecule has 0 aromatic heterocycles.